The van der Waals surface area contributed by atoms with Crippen molar-refractivity contribution < 1.29 is 4.74 Å². The molecule has 3 atom stereocenters. The average molecular weight is 241 g/mol. The van der Waals surface area contributed by atoms with Gasteiger partial charge in [0.2, 0.25) is 0 Å². The zero-order valence-electron chi connectivity index (χ0n) is 9.99. The van der Waals surface area contributed by atoms with Crippen LogP contribution < -0.4 is 5.32 Å². The van der Waals surface area contributed by atoms with Gasteiger partial charge in [0.05, 0.1) is 6.10 Å². The highest BCUT2D eigenvalue weighted by Gasteiger charge is 2.38. The lowest BCUT2D eigenvalue weighted by Gasteiger charge is -2.37. The van der Waals surface area contributed by atoms with E-state index in [0.29, 0.717) is 6.10 Å². The number of hydrogen-bond donors (Lipinski definition) is 1. The van der Waals surface area contributed by atoms with Crippen LogP contribution in [0.4, 0.5) is 0 Å². The number of rotatable bonds is 2. The van der Waals surface area contributed by atoms with Crippen LogP contribution in [0.5, 0.6) is 0 Å². The minimum atomic E-state index is 0.587. The summed E-state index contributed by atoms with van der Waals surface area (Å²) in [5.74, 6) is 3.53. The van der Waals surface area contributed by atoms with Gasteiger partial charge in [-0.25, -0.2) is 0 Å². The van der Waals surface area contributed by atoms with Crippen LogP contribution in [0, 0.1) is 5.92 Å². The van der Waals surface area contributed by atoms with E-state index in [4.69, 9.17) is 4.74 Å². The highest BCUT2D eigenvalue weighted by molar-refractivity contribution is 7.99. The summed E-state index contributed by atoms with van der Waals surface area (Å²) in [7, 11) is 0. The Morgan fingerprint density at radius 2 is 1.88 bits per heavy atom. The highest BCUT2D eigenvalue weighted by atomic mass is 32.2. The van der Waals surface area contributed by atoms with Crippen molar-refractivity contribution in [1.29, 1.82) is 0 Å². The Balaban J connectivity index is 1.56. The summed E-state index contributed by atoms with van der Waals surface area (Å²) in [6, 6.07) is 1.56. The van der Waals surface area contributed by atoms with Gasteiger partial charge < -0.3 is 10.1 Å². The van der Waals surface area contributed by atoms with Crippen LogP contribution in [0.3, 0.4) is 0 Å². The van der Waals surface area contributed by atoms with Crippen LogP contribution in [0.25, 0.3) is 0 Å². The van der Waals surface area contributed by atoms with Gasteiger partial charge in [0, 0.05) is 24.6 Å². The first-order chi connectivity index (χ1) is 7.93. The fraction of sp³-hybridized carbons (Fsp3) is 1.00. The molecule has 1 saturated carbocycles. The molecule has 1 N–H and O–H groups in total. The fourth-order valence-corrected chi connectivity index (χ4v) is 4.66. The molecule has 0 aromatic heterocycles. The van der Waals surface area contributed by atoms with E-state index in [0.717, 1.165) is 24.6 Å². The first-order valence-electron chi connectivity index (χ1n) is 6.89. The van der Waals surface area contributed by atoms with E-state index in [-0.39, 0.29) is 0 Å². The Morgan fingerprint density at radius 1 is 1.00 bits per heavy atom. The Morgan fingerprint density at radius 3 is 2.75 bits per heavy atom. The van der Waals surface area contributed by atoms with Crippen molar-refractivity contribution in [3.05, 3.63) is 0 Å². The van der Waals surface area contributed by atoms with Crippen LogP contribution in [0.2, 0.25) is 0 Å². The predicted octanol–water partition coefficient (Wildman–Crippen LogP) is 2.43. The van der Waals surface area contributed by atoms with Gasteiger partial charge in [-0.1, -0.05) is 0 Å². The predicted molar refractivity (Wildman–Crippen MR) is 69.0 cm³/mol. The molecule has 0 spiro atoms. The van der Waals surface area contributed by atoms with Crippen LogP contribution >= 0.6 is 11.8 Å². The zero-order chi connectivity index (χ0) is 10.8. The second-order valence-corrected chi connectivity index (χ2v) is 6.68. The standard InChI is InChI=1S/C13H23NOS/c1-2-12(11-4-7-15-13(11)3-1)14-10-5-8-16-9-6-10/h10-14H,1-9H2. The minimum absolute atomic E-state index is 0.587. The molecule has 3 unspecified atom stereocenters. The Hall–Kier alpha value is 0.270. The molecule has 16 heavy (non-hydrogen) atoms. The van der Waals surface area contributed by atoms with E-state index in [1.54, 1.807) is 0 Å². The quantitative estimate of drug-likeness (QED) is 0.802. The molecule has 3 heteroatoms. The largest absolute Gasteiger partial charge is 0.378 e. The molecule has 3 fully saturated rings. The maximum absolute atomic E-state index is 5.83. The third-order valence-electron chi connectivity index (χ3n) is 4.45. The third-order valence-corrected chi connectivity index (χ3v) is 5.50. The van der Waals surface area contributed by atoms with E-state index < -0.39 is 0 Å². The molecule has 0 aromatic rings. The molecule has 3 rings (SSSR count). The summed E-state index contributed by atoms with van der Waals surface area (Å²) < 4.78 is 5.83. The molecule has 2 aliphatic heterocycles. The molecule has 0 aromatic carbocycles. The van der Waals surface area contributed by atoms with E-state index in [9.17, 15) is 0 Å². The molecule has 3 aliphatic rings. The summed E-state index contributed by atoms with van der Waals surface area (Å²) in [5.41, 5.74) is 0. The smallest absolute Gasteiger partial charge is 0.0619 e. The van der Waals surface area contributed by atoms with Crippen molar-refractivity contribution in [2.24, 2.45) is 5.92 Å². The summed E-state index contributed by atoms with van der Waals surface area (Å²) in [4.78, 5) is 0. The van der Waals surface area contributed by atoms with Crippen LogP contribution in [0.1, 0.15) is 38.5 Å². The normalized spacial score (nSPS) is 40.9. The lowest BCUT2D eigenvalue weighted by Crippen LogP contribution is -2.48. The highest BCUT2D eigenvalue weighted by Crippen LogP contribution is 2.35. The van der Waals surface area contributed by atoms with Gasteiger partial charge in [0.25, 0.3) is 0 Å². The van der Waals surface area contributed by atoms with Crippen molar-refractivity contribution in [3.8, 4) is 0 Å². The van der Waals surface area contributed by atoms with Crippen molar-refractivity contribution >= 4 is 11.8 Å². The van der Waals surface area contributed by atoms with E-state index >= 15 is 0 Å². The number of thioether (sulfide) groups is 1. The Labute approximate surface area is 103 Å². The van der Waals surface area contributed by atoms with E-state index in [1.165, 1.54) is 50.0 Å². The lowest BCUT2D eigenvalue weighted by atomic mass is 9.81. The second kappa shape index (κ2) is 5.28. The maximum atomic E-state index is 5.83. The summed E-state index contributed by atoms with van der Waals surface area (Å²) >= 11 is 2.12. The SMILES string of the molecule is C1CC(NC2CCSCC2)C2CCOC2C1. The molecular weight excluding hydrogens is 218 g/mol. The molecule has 0 amide bonds. The van der Waals surface area contributed by atoms with Gasteiger partial charge in [0.1, 0.15) is 0 Å². The molecular formula is C13H23NOS. The maximum Gasteiger partial charge on any atom is 0.0619 e. The van der Waals surface area contributed by atoms with Crippen molar-refractivity contribution in [2.75, 3.05) is 18.1 Å². The van der Waals surface area contributed by atoms with Crippen molar-refractivity contribution in [1.82, 2.24) is 5.32 Å². The van der Waals surface area contributed by atoms with Gasteiger partial charge in [-0.15, -0.1) is 0 Å². The summed E-state index contributed by atoms with van der Waals surface area (Å²) in [6.07, 6.45) is 8.68. The summed E-state index contributed by atoms with van der Waals surface area (Å²) in [5, 5.41) is 3.94. The average Bonchev–Trinajstić information content (AvgIpc) is 2.80. The van der Waals surface area contributed by atoms with Gasteiger partial charge >= 0.3 is 0 Å². The van der Waals surface area contributed by atoms with E-state index in [2.05, 4.69) is 17.1 Å². The van der Waals surface area contributed by atoms with Crippen LogP contribution in [0.15, 0.2) is 0 Å². The molecule has 2 heterocycles. The molecule has 2 nitrogen and oxygen atoms in total. The third kappa shape index (κ3) is 2.41. The van der Waals surface area contributed by atoms with Gasteiger partial charge in [0.15, 0.2) is 0 Å². The Bertz CT molecular complexity index is 230. The molecule has 0 radical (unpaired) electrons. The molecule has 92 valence electrons. The van der Waals surface area contributed by atoms with E-state index in [1.807, 2.05) is 0 Å². The molecule has 1 aliphatic carbocycles. The number of fused-ring (bicyclic) bond motifs is 1. The van der Waals surface area contributed by atoms with Crippen LogP contribution in [-0.4, -0.2) is 36.3 Å². The van der Waals surface area contributed by atoms with Gasteiger partial charge in [-0.2, -0.15) is 11.8 Å². The minimum Gasteiger partial charge on any atom is -0.378 e. The Kier molecular flexibility index (Phi) is 3.75. The second-order valence-electron chi connectivity index (χ2n) is 5.45. The van der Waals surface area contributed by atoms with Crippen molar-refractivity contribution in [2.45, 2.75) is 56.7 Å². The van der Waals surface area contributed by atoms with Crippen LogP contribution in [-0.2, 0) is 4.74 Å². The van der Waals surface area contributed by atoms with Gasteiger partial charge in [-0.3, -0.25) is 0 Å². The lowest BCUT2D eigenvalue weighted by molar-refractivity contribution is 0.0508. The fourth-order valence-electron chi connectivity index (χ4n) is 3.55. The first-order valence-corrected chi connectivity index (χ1v) is 8.04. The first kappa shape index (κ1) is 11.4. The van der Waals surface area contributed by atoms with Gasteiger partial charge in [-0.05, 0) is 50.0 Å². The van der Waals surface area contributed by atoms with Crippen molar-refractivity contribution in [3.63, 3.8) is 0 Å². The molecule has 2 saturated heterocycles. The molecule has 0 bridgehead atoms. The number of hydrogen-bond acceptors (Lipinski definition) is 3. The number of ether oxygens (including phenoxy) is 1. The monoisotopic (exact) mass is 241 g/mol. The topological polar surface area (TPSA) is 21.3 Å². The summed E-state index contributed by atoms with van der Waals surface area (Å²) in [6.45, 7) is 1.01. The zero-order valence-corrected chi connectivity index (χ0v) is 10.8. The number of nitrogens with one attached hydrogen (secondary N) is 1.